The van der Waals surface area contributed by atoms with Crippen molar-refractivity contribution < 1.29 is 0 Å². The average molecular weight is 418 g/mol. The molecule has 0 aromatic heterocycles. The standard InChI is InChI=1S/C17H30N4.HI/c1-6-18-17(19-12-14(2)3)20-13-16(21(4)5)15-10-8-7-9-11-15;/h7-11,14,16H,6,12-13H2,1-5H3,(H2,18,19,20);1H. The minimum Gasteiger partial charge on any atom is -0.357 e. The number of halogens is 1. The summed E-state index contributed by atoms with van der Waals surface area (Å²) in [6, 6.07) is 10.9. The lowest BCUT2D eigenvalue weighted by molar-refractivity contribution is 0.298. The number of benzene rings is 1. The van der Waals surface area contributed by atoms with Gasteiger partial charge in [0.1, 0.15) is 0 Å². The molecule has 0 amide bonds. The van der Waals surface area contributed by atoms with Crippen LogP contribution in [-0.2, 0) is 0 Å². The average Bonchev–Trinajstić information content (AvgIpc) is 2.45. The number of aliphatic imine (C=N–C) groups is 1. The number of nitrogens with one attached hydrogen (secondary N) is 2. The molecule has 126 valence electrons. The first-order chi connectivity index (χ1) is 10.0. The van der Waals surface area contributed by atoms with Crippen molar-refractivity contribution in [2.24, 2.45) is 10.9 Å². The van der Waals surface area contributed by atoms with Crippen LogP contribution in [0.3, 0.4) is 0 Å². The highest BCUT2D eigenvalue weighted by atomic mass is 127. The van der Waals surface area contributed by atoms with E-state index in [2.05, 4.69) is 85.7 Å². The van der Waals surface area contributed by atoms with Crippen LogP contribution in [0, 0.1) is 5.92 Å². The van der Waals surface area contributed by atoms with E-state index in [4.69, 9.17) is 0 Å². The van der Waals surface area contributed by atoms with E-state index >= 15 is 0 Å². The van der Waals surface area contributed by atoms with Gasteiger partial charge in [0.15, 0.2) is 5.96 Å². The van der Waals surface area contributed by atoms with E-state index in [-0.39, 0.29) is 24.0 Å². The predicted octanol–water partition coefficient (Wildman–Crippen LogP) is 3.12. The van der Waals surface area contributed by atoms with Crippen LogP contribution >= 0.6 is 24.0 Å². The normalized spacial score (nSPS) is 13.0. The van der Waals surface area contributed by atoms with Gasteiger partial charge in [-0.2, -0.15) is 0 Å². The Morgan fingerprint density at radius 1 is 1.14 bits per heavy atom. The SMILES string of the molecule is CCNC(=NCC(C)C)NCC(c1ccccc1)N(C)C.I. The Morgan fingerprint density at radius 3 is 2.27 bits per heavy atom. The van der Waals surface area contributed by atoms with Crippen LogP contribution in [0.4, 0.5) is 0 Å². The van der Waals surface area contributed by atoms with Crippen molar-refractivity contribution in [3.8, 4) is 0 Å². The molecule has 22 heavy (non-hydrogen) atoms. The van der Waals surface area contributed by atoms with E-state index in [1.807, 2.05) is 0 Å². The molecule has 0 aliphatic heterocycles. The van der Waals surface area contributed by atoms with Crippen LogP contribution in [0.25, 0.3) is 0 Å². The van der Waals surface area contributed by atoms with Gasteiger partial charge in [-0.15, -0.1) is 24.0 Å². The highest BCUT2D eigenvalue weighted by molar-refractivity contribution is 14.0. The largest absolute Gasteiger partial charge is 0.357 e. The lowest BCUT2D eigenvalue weighted by Crippen LogP contribution is -2.42. The molecule has 0 fully saturated rings. The summed E-state index contributed by atoms with van der Waals surface area (Å²) in [5.41, 5.74) is 1.31. The molecule has 0 saturated carbocycles. The summed E-state index contributed by atoms with van der Waals surface area (Å²) in [6.07, 6.45) is 0. The van der Waals surface area contributed by atoms with Crippen molar-refractivity contribution >= 4 is 29.9 Å². The van der Waals surface area contributed by atoms with Gasteiger partial charge < -0.3 is 15.5 Å². The van der Waals surface area contributed by atoms with Gasteiger partial charge in [-0.25, -0.2) is 0 Å². The highest BCUT2D eigenvalue weighted by Crippen LogP contribution is 2.16. The van der Waals surface area contributed by atoms with Crippen molar-refractivity contribution in [3.05, 3.63) is 35.9 Å². The number of guanidine groups is 1. The number of nitrogens with zero attached hydrogens (tertiary/aromatic N) is 2. The van der Waals surface area contributed by atoms with E-state index < -0.39 is 0 Å². The van der Waals surface area contributed by atoms with Crippen LogP contribution < -0.4 is 10.6 Å². The summed E-state index contributed by atoms with van der Waals surface area (Å²) in [4.78, 5) is 6.84. The maximum absolute atomic E-state index is 4.61. The highest BCUT2D eigenvalue weighted by Gasteiger charge is 2.14. The fraction of sp³-hybridized carbons (Fsp3) is 0.588. The quantitative estimate of drug-likeness (QED) is 0.406. The molecule has 0 saturated heterocycles. The van der Waals surface area contributed by atoms with Gasteiger partial charge in [0.25, 0.3) is 0 Å². The van der Waals surface area contributed by atoms with Gasteiger partial charge >= 0.3 is 0 Å². The van der Waals surface area contributed by atoms with Gasteiger partial charge in [0, 0.05) is 19.6 Å². The molecule has 2 N–H and O–H groups in total. The minimum atomic E-state index is 0. The topological polar surface area (TPSA) is 39.7 Å². The number of likely N-dealkylation sites (N-methyl/N-ethyl adjacent to an activating group) is 1. The zero-order valence-corrected chi connectivity index (χ0v) is 16.8. The lowest BCUT2D eigenvalue weighted by atomic mass is 10.1. The van der Waals surface area contributed by atoms with E-state index in [9.17, 15) is 0 Å². The molecule has 1 rings (SSSR count). The predicted molar refractivity (Wildman–Crippen MR) is 107 cm³/mol. The van der Waals surface area contributed by atoms with E-state index in [1.165, 1.54) is 5.56 Å². The third-order valence-corrected chi connectivity index (χ3v) is 3.23. The maximum atomic E-state index is 4.61. The zero-order valence-electron chi connectivity index (χ0n) is 14.5. The zero-order chi connectivity index (χ0) is 15.7. The third kappa shape index (κ3) is 7.98. The summed E-state index contributed by atoms with van der Waals surface area (Å²) in [5.74, 6) is 1.47. The third-order valence-electron chi connectivity index (χ3n) is 3.23. The van der Waals surface area contributed by atoms with Crippen molar-refractivity contribution in [2.45, 2.75) is 26.8 Å². The lowest BCUT2D eigenvalue weighted by Gasteiger charge is -2.26. The van der Waals surface area contributed by atoms with Crippen molar-refractivity contribution in [2.75, 3.05) is 33.7 Å². The molecule has 0 aliphatic carbocycles. The second-order valence-electron chi connectivity index (χ2n) is 5.88. The Balaban J connectivity index is 0.00000441. The molecular weight excluding hydrogens is 387 g/mol. The fourth-order valence-corrected chi connectivity index (χ4v) is 2.08. The summed E-state index contributed by atoms with van der Waals surface area (Å²) >= 11 is 0. The first-order valence-corrected chi connectivity index (χ1v) is 7.78. The van der Waals surface area contributed by atoms with Gasteiger partial charge in [0.2, 0.25) is 0 Å². The van der Waals surface area contributed by atoms with E-state index in [1.54, 1.807) is 0 Å². The molecular formula is C17H31IN4. The Bertz CT molecular complexity index is 418. The maximum Gasteiger partial charge on any atom is 0.191 e. The molecule has 0 spiro atoms. The van der Waals surface area contributed by atoms with Gasteiger partial charge in [-0.05, 0) is 32.5 Å². The van der Waals surface area contributed by atoms with Crippen molar-refractivity contribution in [1.29, 1.82) is 0 Å². The molecule has 1 aromatic carbocycles. The monoisotopic (exact) mass is 418 g/mol. The molecule has 0 heterocycles. The number of hydrogen-bond acceptors (Lipinski definition) is 2. The first kappa shape index (κ1) is 21.2. The van der Waals surface area contributed by atoms with Gasteiger partial charge in [0.05, 0.1) is 6.04 Å². The molecule has 0 aliphatic rings. The van der Waals surface area contributed by atoms with Crippen LogP contribution in [0.5, 0.6) is 0 Å². The minimum absolute atomic E-state index is 0. The summed E-state index contributed by atoms with van der Waals surface area (Å²) < 4.78 is 0. The second kappa shape index (κ2) is 11.7. The van der Waals surface area contributed by atoms with Gasteiger partial charge in [-0.3, -0.25) is 4.99 Å². The van der Waals surface area contributed by atoms with Crippen LogP contribution in [0.2, 0.25) is 0 Å². The first-order valence-electron chi connectivity index (χ1n) is 7.78. The molecule has 5 heteroatoms. The summed E-state index contributed by atoms with van der Waals surface area (Å²) in [7, 11) is 4.22. The van der Waals surface area contributed by atoms with E-state index in [0.717, 1.165) is 25.6 Å². The summed E-state index contributed by atoms with van der Waals surface area (Å²) in [6.45, 7) is 9.00. The van der Waals surface area contributed by atoms with Gasteiger partial charge in [-0.1, -0.05) is 44.2 Å². The Kier molecular flexibility index (Phi) is 11.3. The van der Waals surface area contributed by atoms with Crippen molar-refractivity contribution in [1.82, 2.24) is 15.5 Å². The van der Waals surface area contributed by atoms with E-state index in [0.29, 0.717) is 12.0 Å². The molecule has 1 unspecified atom stereocenters. The second-order valence-corrected chi connectivity index (χ2v) is 5.88. The molecule has 0 radical (unpaired) electrons. The Morgan fingerprint density at radius 2 is 1.77 bits per heavy atom. The molecule has 0 bridgehead atoms. The number of rotatable bonds is 7. The Hall–Kier alpha value is -0.820. The smallest absolute Gasteiger partial charge is 0.191 e. The molecule has 1 aromatic rings. The van der Waals surface area contributed by atoms with Crippen LogP contribution in [0.1, 0.15) is 32.4 Å². The fourth-order valence-electron chi connectivity index (χ4n) is 2.08. The van der Waals surface area contributed by atoms with Crippen LogP contribution in [-0.4, -0.2) is 44.6 Å². The Labute approximate surface area is 152 Å². The molecule has 4 nitrogen and oxygen atoms in total. The molecule has 1 atom stereocenters. The summed E-state index contributed by atoms with van der Waals surface area (Å²) in [5, 5.41) is 6.76. The van der Waals surface area contributed by atoms with Crippen LogP contribution in [0.15, 0.2) is 35.3 Å². The van der Waals surface area contributed by atoms with Crippen molar-refractivity contribution in [3.63, 3.8) is 0 Å². The number of hydrogen-bond donors (Lipinski definition) is 2.